The number of amides is 1. The van der Waals surface area contributed by atoms with Gasteiger partial charge in [0.2, 0.25) is 5.91 Å². The summed E-state index contributed by atoms with van der Waals surface area (Å²) in [4.78, 5) is 17.0. The van der Waals surface area contributed by atoms with Crippen molar-refractivity contribution in [3.05, 3.63) is 46.0 Å². The van der Waals surface area contributed by atoms with E-state index in [-0.39, 0.29) is 5.91 Å². The fourth-order valence-electron chi connectivity index (χ4n) is 3.57. The lowest BCUT2D eigenvalue weighted by atomic mass is 9.97. The highest BCUT2D eigenvalue weighted by Gasteiger charge is 2.21. The van der Waals surface area contributed by atoms with E-state index in [4.69, 9.17) is 0 Å². The number of piperazine rings is 1. The predicted molar refractivity (Wildman–Crippen MR) is 102 cm³/mol. The zero-order valence-corrected chi connectivity index (χ0v) is 15.9. The van der Waals surface area contributed by atoms with Crippen molar-refractivity contribution >= 4 is 21.8 Å². The molecule has 0 spiro atoms. The summed E-state index contributed by atoms with van der Waals surface area (Å²) < 4.78 is 1.03. The van der Waals surface area contributed by atoms with Gasteiger partial charge in [-0.3, -0.25) is 9.69 Å². The molecule has 1 saturated heterocycles. The Morgan fingerprint density at radius 2 is 1.88 bits per heavy atom. The van der Waals surface area contributed by atoms with Gasteiger partial charge in [0, 0.05) is 37.2 Å². The van der Waals surface area contributed by atoms with Gasteiger partial charge < -0.3 is 4.90 Å². The van der Waals surface area contributed by atoms with Crippen LogP contribution in [0.4, 0.5) is 0 Å². The monoisotopic (exact) mass is 390 g/mol. The normalized spacial score (nSPS) is 19.2. The molecule has 1 fully saturated rings. The molecule has 1 aromatic rings. The topological polar surface area (TPSA) is 23.6 Å². The predicted octanol–water partition coefficient (Wildman–Crippen LogP) is 4.03. The van der Waals surface area contributed by atoms with Crippen LogP contribution in [0.5, 0.6) is 0 Å². The Kier molecular flexibility index (Phi) is 6.50. The number of hydrogen-bond acceptors (Lipinski definition) is 2. The fraction of sp³-hybridized carbons (Fsp3) is 0.550. The van der Waals surface area contributed by atoms with Crippen molar-refractivity contribution in [3.63, 3.8) is 0 Å². The summed E-state index contributed by atoms with van der Waals surface area (Å²) in [7, 11) is 0. The van der Waals surface area contributed by atoms with Gasteiger partial charge in [0.1, 0.15) is 0 Å². The van der Waals surface area contributed by atoms with Crippen LogP contribution in [0.3, 0.4) is 0 Å². The minimum absolute atomic E-state index is 0.247. The quantitative estimate of drug-likeness (QED) is 0.708. The van der Waals surface area contributed by atoms with Gasteiger partial charge in [0.05, 0.1) is 6.42 Å². The molecule has 0 N–H and O–H groups in total. The van der Waals surface area contributed by atoms with E-state index >= 15 is 0 Å². The van der Waals surface area contributed by atoms with Gasteiger partial charge >= 0.3 is 0 Å². The first-order valence-electron chi connectivity index (χ1n) is 9.14. The van der Waals surface area contributed by atoms with Crippen molar-refractivity contribution in [1.82, 2.24) is 9.80 Å². The SMILES string of the molecule is O=C(Cc1ccccc1Br)N1CCN(CCC2=CCCCC2)CC1. The van der Waals surface area contributed by atoms with Crippen LogP contribution in [-0.4, -0.2) is 48.4 Å². The zero-order chi connectivity index (χ0) is 16.8. The Labute approximate surface area is 153 Å². The van der Waals surface area contributed by atoms with E-state index in [0.29, 0.717) is 6.42 Å². The summed E-state index contributed by atoms with van der Waals surface area (Å²) >= 11 is 3.53. The number of benzene rings is 1. The molecule has 3 nitrogen and oxygen atoms in total. The lowest BCUT2D eigenvalue weighted by molar-refractivity contribution is -0.132. The lowest BCUT2D eigenvalue weighted by Crippen LogP contribution is -2.49. The van der Waals surface area contributed by atoms with E-state index in [1.54, 1.807) is 5.57 Å². The molecule has 0 unspecified atom stereocenters. The van der Waals surface area contributed by atoms with Crippen molar-refractivity contribution in [2.45, 2.75) is 38.5 Å². The number of nitrogens with zero attached hydrogens (tertiary/aromatic N) is 2. The van der Waals surface area contributed by atoms with E-state index < -0.39 is 0 Å². The molecule has 4 heteroatoms. The lowest BCUT2D eigenvalue weighted by Gasteiger charge is -2.35. The number of hydrogen-bond donors (Lipinski definition) is 0. The van der Waals surface area contributed by atoms with Crippen LogP contribution < -0.4 is 0 Å². The minimum Gasteiger partial charge on any atom is -0.340 e. The van der Waals surface area contributed by atoms with Gasteiger partial charge in [-0.15, -0.1) is 0 Å². The maximum absolute atomic E-state index is 12.5. The first-order chi connectivity index (χ1) is 11.7. The molecule has 1 aliphatic carbocycles. The van der Waals surface area contributed by atoms with E-state index in [1.807, 2.05) is 29.2 Å². The highest BCUT2D eigenvalue weighted by Crippen LogP contribution is 2.21. The third-order valence-corrected chi connectivity index (χ3v) is 5.93. The molecule has 0 bridgehead atoms. The van der Waals surface area contributed by atoms with Gasteiger partial charge in [-0.1, -0.05) is 45.8 Å². The van der Waals surface area contributed by atoms with Crippen LogP contribution >= 0.6 is 15.9 Å². The summed E-state index contributed by atoms with van der Waals surface area (Å²) in [6.45, 7) is 4.90. The Balaban J connectivity index is 1.42. The summed E-state index contributed by atoms with van der Waals surface area (Å²) in [6.07, 6.45) is 9.45. The molecule has 2 aliphatic rings. The van der Waals surface area contributed by atoms with Crippen molar-refractivity contribution in [3.8, 4) is 0 Å². The third-order valence-electron chi connectivity index (χ3n) is 5.16. The van der Waals surface area contributed by atoms with Gasteiger partial charge in [-0.2, -0.15) is 0 Å². The average molecular weight is 391 g/mol. The van der Waals surface area contributed by atoms with Gasteiger partial charge in [0.25, 0.3) is 0 Å². The summed E-state index contributed by atoms with van der Waals surface area (Å²) in [5.41, 5.74) is 2.72. The number of halogens is 1. The van der Waals surface area contributed by atoms with Gasteiger partial charge in [-0.25, -0.2) is 0 Å². The Morgan fingerprint density at radius 3 is 2.58 bits per heavy atom. The summed E-state index contributed by atoms with van der Waals surface area (Å²) in [6, 6.07) is 8.00. The second kappa shape index (κ2) is 8.82. The molecule has 1 heterocycles. The smallest absolute Gasteiger partial charge is 0.227 e. The van der Waals surface area contributed by atoms with Crippen LogP contribution in [0, 0.1) is 0 Å². The number of rotatable bonds is 5. The first-order valence-corrected chi connectivity index (χ1v) is 9.93. The molecule has 1 amide bonds. The Morgan fingerprint density at radius 1 is 1.08 bits per heavy atom. The molecule has 0 saturated carbocycles. The summed E-state index contributed by atoms with van der Waals surface area (Å²) in [5.74, 6) is 0.247. The maximum Gasteiger partial charge on any atom is 0.227 e. The Hall–Kier alpha value is -1.13. The van der Waals surface area contributed by atoms with Crippen molar-refractivity contribution in [1.29, 1.82) is 0 Å². The Bertz CT molecular complexity index is 591. The van der Waals surface area contributed by atoms with Crippen LogP contribution in [-0.2, 0) is 11.2 Å². The van der Waals surface area contributed by atoms with E-state index in [0.717, 1.165) is 42.8 Å². The second-order valence-electron chi connectivity index (χ2n) is 6.85. The van der Waals surface area contributed by atoms with Crippen LogP contribution in [0.25, 0.3) is 0 Å². The molecule has 24 heavy (non-hydrogen) atoms. The zero-order valence-electron chi connectivity index (χ0n) is 14.3. The van der Waals surface area contributed by atoms with Crippen LogP contribution in [0.15, 0.2) is 40.4 Å². The van der Waals surface area contributed by atoms with Gasteiger partial charge in [-0.05, 0) is 43.7 Å². The molecule has 1 aliphatic heterocycles. The van der Waals surface area contributed by atoms with E-state index in [1.165, 1.54) is 32.1 Å². The van der Waals surface area contributed by atoms with Crippen molar-refractivity contribution in [2.75, 3.05) is 32.7 Å². The van der Waals surface area contributed by atoms with E-state index in [9.17, 15) is 4.79 Å². The van der Waals surface area contributed by atoms with Crippen LogP contribution in [0.2, 0.25) is 0 Å². The first kappa shape index (κ1) is 17.7. The minimum atomic E-state index is 0.247. The molecule has 130 valence electrons. The number of carbonyl (C=O) groups excluding carboxylic acids is 1. The summed E-state index contributed by atoms with van der Waals surface area (Å²) in [5, 5.41) is 0. The second-order valence-corrected chi connectivity index (χ2v) is 7.70. The highest BCUT2D eigenvalue weighted by molar-refractivity contribution is 9.10. The molecular weight excluding hydrogens is 364 g/mol. The molecule has 1 aromatic carbocycles. The number of carbonyl (C=O) groups is 1. The molecule has 0 radical (unpaired) electrons. The molecular formula is C20H27BrN2O. The number of allylic oxidation sites excluding steroid dienone is 1. The molecule has 0 aromatic heterocycles. The third kappa shape index (κ3) is 4.93. The molecule has 0 atom stereocenters. The van der Waals surface area contributed by atoms with E-state index in [2.05, 4.69) is 26.9 Å². The van der Waals surface area contributed by atoms with Gasteiger partial charge in [0.15, 0.2) is 0 Å². The van der Waals surface area contributed by atoms with Crippen molar-refractivity contribution in [2.24, 2.45) is 0 Å². The fourth-order valence-corrected chi connectivity index (χ4v) is 4.00. The maximum atomic E-state index is 12.5. The standard InChI is InChI=1S/C20H27BrN2O/c21-19-9-5-4-8-18(19)16-20(24)23-14-12-22(13-15-23)11-10-17-6-2-1-3-7-17/h4-6,8-9H,1-3,7,10-16H2. The van der Waals surface area contributed by atoms with Crippen LogP contribution in [0.1, 0.15) is 37.7 Å². The largest absolute Gasteiger partial charge is 0.340 e. The van der Waals surface area contributed by atoms with Crippen molar-refractivity contribution < 1.29 is 4.79 Å². The molecule has 3 rings (SSSR count). The highest BCUT2D eigenvalue weighted by atomic mass is 79.9. The average Bonchev–Trinajstić information content (AvgIpc) is 2.63.